The summed E-state index contributed by atoms with van der Waals surface area (Å²) in [5.74, 6) is -0.319. The highest BCUT2D eigenvalue weighted by molar-refractivity contribution is 6.03. The number of nitrogens with one attached hydrogen (secondary N) is 2. The molecule has 6 heteroatoms. The Morgan fingerprint density at radius 3 is 2.57 bits per heavy atom. The molecule has 0 aliphatic rings. The van der Waals surface area contributed by atoms with Crippen molar-refractivity contribution >= 4 is 17.4 Å². The predicted octanol–water partition coefficient (Wildman–Crippen LogP) is 2.93. The van der Waals surface area contributed by atoms with Crippen molar-refractivity contribution in [1.29, 1.82) is 0 Å². The van der Waals surface area contributed by atoms with E-state index in [1.807, 2.05) is 6.07 Å². The van der Waals surface area contributed by atoms with E-state index in [1.165, 1.54) is 6.92 Å². The van der Waals surface area contributed by atoms with Gasteiger partial charge in [0.15, 0.2) is 5.78 Å². The van der Waals surface area contributed by atoms with Crippen LogP contribution in [-0.2, 0) is 0 Å². The normalized spacial score (nSPS) is 10.3. The Morgan fingerprint density at radius 1 is 1.13 bits per heavy atom. The van der Waals surface area contributed by atoms with E-state index in [9.17, 15) is 9.59 Å². The van der Waals surface area contributed by atoms with Crippen molar-refractivity contribution in [3.05, 3.63) is 66.1 Å². The van der Waals surface area contributed by atoms with Crippen LogP contribution in [0.1, 0.15) is 27.8 Å². The molecular formula is C17H14N4O2. The highest BCUT2D eigenvalue weighted by atomic mass is 16.2. The number of hydrogen-bond donors (Lipinski definition) is 2. The minimum absolute atomic E-state index is 0.0162. The van der Waals surface area contributed by atoms with Gasteiger partial charge < -0.3 is 5.32 Å². The summed E-state index contributed by atoms with van der Waals surface area (Å²) in [4.78, 5) is 27.5. The number of hydrogen-bond acceptors (Lipinski definition) is 4. The molecule has 2 N–H and O–H groups in total. The zero-order valence-corrected chi connectivity index (χ0v) is 12.4. The van der Waals surface area contributed by atoms with Crippen LogP contribution in [0, 0.1) is 0 Å². The lowest BCUT2D eigenvalue weighted by atomic mass is 10.1. The fraction of sp³-hybridized carbons (Fsp3) is 0.0588. The van der Waals surface area contributed by atoms with Gasteiger partial charge in [-0.3, -0.25) is 19.7 Å². The third kappa shape index (κ3) is 3.32. The SMILES string of the molecule is CC(=O)c1ccc(NC(=O)c2cc(-c3cccnc3)n[nH]2)cc1. The minimum Gasteiger partial charge on any atom is -0.321 e. The number of carbonyl (C=O) groups is 2. The second-order valence-corrected chi connectivity index (χ2v) is 5.00. The highest BCUT2D eigenvalue weighted by Gasteiger charge is 2.11. The van der Waals surface area contributed by atoms with Gasteiger partial charge in [0.2, 0.25) is 0 Å². The van der Waals surface area contributed by atoms with E-state index < -0.39 is 0 Å². The summed E-state index contributed by atoms with van der Waals surface area (Å²) in [6.45, 7) is 1.50. The van der Waals surface area contributed by atoms with Gasteiger partial charge in [0.1, 0.15) is 5.69 Å². The van der Waals surface area contributed by atoms with Crippen LogP contribution in [0.4, 0.5) is 5.69 Å². The third-order valence-electron chi connectivity index (χ3n) is 3.33. The fourth-order valence-corrected chi connectivity index (χ4v) is 2.09. The number of rotatable bonds is 4. The number of aromatic amines is 1. The van der Waals surface area contributed by atoms with Crippen LogP contribution in [0.15, 0.2) is 54.9 Å². The first-order valence-corrected chi connectivity index (χ1v) is 7.01. The Labute approximate surface area is 132 Å². The average molecular weight is 306 g/mol. The standard InChI is InChI=1S/C17H14N4O2/c1-11(22)12-4-6-14(7-5-12)19-17(23)16-9-15(20-21-16)13-3-2-8-18-10-13/h2-10H,1H3,(H,19,23)(H,20,21). The largest absolute Gasteiger partial charge is 0.321 e. The molecule has 0 spiro atoms. The summed E-state index contributed by atoms with van der Waals surface area (Å²) in [5, 5.41) is 9.58. The number of H-pyrrole nitrogens is 1. The number of nitrogens with zero attached hydrogens (tertiary/aromatic N) is 2. The van der Waals surface area contributed by atoms with Gasteiger partial charge in [0, 0.05) is 29.2 Å². The molecule has 23 heavy (non-hydrogen) atoms. The molecule has 0 aliphatic carbocycles. The zero-order valence-electron chi connectivity index (χ0n) is 12.4. The van der Waals surface area contributed by atoms with Gasteiger partial charge in [-0.1, -0.05) is 0 Å². The monoisotopic (exact) mass is 306 g/mol. The summed E-state index contributed by atoms with van der Waals surface area (Å²) in [5.41, 5.74) is 3.03. The molecule has 2 aromatic heterocycles. The van der Waals surface area contributed by atoms with Crippen molar-refractivity contribution < 1.29 is 9.59 Å². The van der Waals surface area contributed by atoms with Gasteiger partial charge in [0.05, 0.1) is 5.69 Å². The van der Waals surface area contributed by atoms with E-state index in [4.69, 9.17) is 0 Å². The number of benzene rings is 1. The molecule has 3 aromatic rings. The van der Waals surface area contributed by atoms with E-state index in [2.05, 4.69) is 20.5 Å². The van der Waals surface area contributed by atoms with Crippen molar-refractivity contribution in [2.24, 2.45) is 0 Å². The molecule has 2 heterocycles. The molecular weight excluding hydrogens is 292 g/mol. The molecule has 6 nitrogen and oxygen atoms in total. The summed E-state index contributed by atoms with van der Waals surface area (Å²) in [6.07, 6.45) is 3.35. The van der Waals surface area contributed by atoms with Gasteiger partial charge in [-0.2, -0.15) is 5.10 Å². The molecule has 0 fully saturated rings. The van der Waals surface area contributed by atoms with E-state index in [-0.39, 0.29) is 11.7 Å². The number of ketones is 1. The van der Waals surface area contributed by atoms with Gasteiger partial charge in [0.25, 0.3) is 5.91 Å². The Bertz CT molecular complexity index is 839. The number of carbonyl (C=O) groups excluding carboxylic acids is 2. The lowest BCUT2D eigenvalue weighted by Gasteiger charge is -2.03. The van der Waals surface area contributed by atoms with Crippen molar-refractivity contribution in [2.45, 2.75) is 6.92 Å². The number of anilines is 1. The molecule has 0 atom stereocenters. The second-order valence-electron chi connectivity index (χ2n) is 5.00. The molecule has 1 amide bonds. The molecule has 114 valence electrons. The number of amides is 1. The van der Waals surface area contributed by atoms with Crippen LogP contribution in [0.3, 0.4) is 0 Å². The minimum atomic E-state index is -0.303. The van der Waals surface area contributed by atoms with Crippen LogP contribution < -0.4 is 5.32 Å². The number of Topliss-reactive ketones (excluding diaryl/α,β-unsaturated/α-hetero) is 1. The van der Waals surface area contributed by atoms with Crippen molar-refractivity contribution in [1.82, 2.24) is 15.2 Å². The highest BCUT2D eigenvalue weighted by Crippen LogP contribution is 2.17. The molecule has 0 saturated heterocycles. The summed E-state index contributed by atoms with van der Waals surface area (Å²) >= 11 is 0. The molecule has 0 radical (unpaired) electrons. The van der Waals surface area contributed by atoms with Crippen LogP contribution >= 0.6 is 0 Å². The van der Waals surface area contributed by atoms with E-state index in [0.717, 1.165) is 5.56 Å². The molecule has 0 bridgehead atoms. The van der Waals surface area contributed by atoms with E-state index >= 15 is 0 Å². The Morgan fingerprint density at radius 2 is 1.91 bits per heavy atom. The topological polar surface area (TPSA) is 87.7 Å². The summed E-state index contributed by atoms with van der Waals surface area (Å²) in [7, 11) is 0. The molecule has 3 rings (SSSR count). The van der Waals surface area contributed by atoms with Crippen LogP contribution in [0.5, 0.6) is 0 Å². The average Bonchev–Trinajstić information content (AvgIpc) is 3.06. The fourth-order valence-electron chi connectivity index (χ4n) is 2.09. The molecule has 0 unspecified atom stereocenters. The van der Waals surface area contributed by atoms with Gasteiger partial charge in [-0.25, -0.2) is 0 Å². The molecule has 0 aliphatic heterocycles. The quantitative estimate of drug-likeness (QED) is 0.725. The first-order valence-electron chi connectivity index (χ1n) is 7.01. The smallest absolute Gasteiger partial charge is 0.273 e. The van der Waals surface area contributed by atoms with Gasteiger partial charge in [-0.05, 0) is 49.4 Å². The van der Waals surface area contributed by atoms with E-state index in [0.29, 0.717) is 22.6 Å². The number of aromatic nitrogens is 3. The first-order chi connectivity index (χ1) is 11.1. The lowest BCUT2D eigenvalue weighted by molar-refractivity contribution is 0.101. The lowest BCUT2D eigenvalue weighted by Crippen LogP contribution is -2.12. The maximum Gasteiger partial charge on any atom is 0.273 e. The maximum absolute atomic E-state index is 12.2. The Kier molecular flexibility index (Phi) is 3.97. The van der Waals surface area contributed by atoms with Crippen LogP contribution in [-0.4, -0.2) is 26.9 Å². The predicted molar refractivity (Wildman–Crippen MR) is 86.2 cm³/mol. The van der Waals surface area contributed by atoms with Gasteiger partial charge in [-0.15, -0.1) is 0 Å². The van der Waals surface area contributed by atoms with Gasteiger partial charge >= 0.3 is 0 Å². The zero-order chi connectivity index (χ0) is 16.2. The Balaban J connectivity index is 1.74. The molecule has 0 saturated carbocycles. The first kappa shape index (κ1) is 14.6. The van der Waals surface area contributed by atoms with Crippen molar-refractivity contribution in [2.75, 3.05) is 5.32 Å². The Hall–Kier alpha value is -3.28. The second kappa shape index (κ2) is 6.23. The van der Waals surface area contributed by atoms with Crippen molar-refractivity contribution in [3.63, 3.8) is 0 Å². The molecule has 1 aromatic carbocycles. The number of pyridine rings is 1. The van der Waals surface area contributed by atoms with Crippen molar-refractivity contribution in [3.8, 4) is 11.3 Å². The van der Waals surface area contributed by atoms with E-state index in [1.54, 1.807) is 48.8 Å². The summed E-state index contributed by atoms with van der Waals surface area (Å²) in [6, 6.07) is 12.1. The summed E-state index contributed by atoms with van der Waals surface area (Å²) < 4.78 is 0. The third-order valence-corrected chi connectivity index (χ3v) is 3.33. The van der Waals surface area contributed by atoms with Crippen LogP contribution in [0.25, 0.3) is 11.3 Å². The maximum atomic E-state index is 12.2. The van der Waals surface area contributed by atoms with Crippen LogP contribution in [0.2, 0.25) is 0 Å².